The molecule has 1 heterocycles. The van der Waals surface area contributed by atoms with Crippen molar-refractivity contribution in [3.05, 3.63) is 88.6 Å². The average molecular weight is 567 g/mol. The predicted octanol–water partition coefficient (Wildman–Crippen LogP) is 8.05. The summed E-state index contributed by atoms with van der Waals surface area (Å²) in [4.78, 5) is 15.9. The number of carbonyl (C=O) groups excluding carboxylic acids is 1. The summed E-state index contributed by atoms with van der Waals surface area (Å²) in [6.45, 7) is 1.17. The number of fused-ring (bicyclic) bond motifs is 1. The molecule has 0 radical (unpaired) electrons. The molecule has 0 bridgehead atoms. The summed E-state index contributed by atoms with van der Waals surface area (Å²) in [5.74, 6) is -2.41. The minimum absolute atomic E-state index is 0.0131. The van der Waals surface area contributed by atoms with Gasteiger partial charge in [-0.15, -0.1) is 0 Å². The van der Waals surface area contributed by atoms with Gasteiger partial charge in [0, 0.05) is 35.5 Å². The fourth-order valence-corrected chi connectivity index (χ4v) is 5.82. The van der Waals surface area contributed by atoms with Crippen LogP contribution in [0.5, 0.6) is 5.75 Å². The smallest absolute Gasteiger partial charge is 0.291 e. The Kier molecular flexibility index (Phi) is 8.15. The van der Waals surface area contributed by atoms with Gasteiger partial charge in [0.05, 0.1) is 18.7 Å². The number of hydrogen-bond acceptors (Lipinski definition) is 4. The molecule has 40 heavy (non-hydrogen) atoms. The van der Waals surface area contributed by atoms with Crippen LogP contribution in [0.1, 0.15) is 54.3 Å². The minimum atomic E-state index is -2.91. The number of carbonyl (C=O) groups is 1. The van der Waals surface area contributed by atoms with Crippen molar-refractivity contribution < 1.29 is 22.7 Å². The van der Waals surface area contributed by atoms with Crippen molar-refractivity contribution in [1.29, 1.82) is 0 Å². The molecule has 1 aromatic heterocycles. The second-order valence-electron chi connectivity index (χ2n) is 10.5. The summed E-state index contributed by atoms with van der Waals surface area (Å²) < 4.78 is 39.2. The van der Waals surface area contributed by atoms with Crippen LogP contribution in [0.4, 0.5) is 8.78 Å². The lowest BCUT2D eigenvalue weighted by Gasteiger charge is -2.37. The normalized spacial score (nSPS) is 17.6. The minimum Gasteiger partial charge on any atom is -0.496 e. The number of rotatable bonds is 8. The Morgan fingerprint density at radius 3 is 2.35 bits per heavy atom. The number of amides is 1. The van der Waals surface area contributed by atoms with Gasteiger partial charge in [-0.25, -0.2) is 8.78 Å². The lowest BCUT2D eigenvalue weighted by Crippen LogP contribution is -2.44. The maximum absolute atomic E-state index is 14.1. The standard InChI is InChI=1S/C32H33ClF2N2O3/c1-32(34,35)23-11-8-20(9-12-23)21-10-17-27(39-3)22(18-21)19-37(25-15-13-24(36-2)14-16-25)31(38)30-29(33)26-6-4-5-7-28(26)40-30/h4-12,17-18,24-25,36H,13-16,19H2,1-3H3/t24-,25+. The molecule has 5 rings (SSSR count). The van der Waals surface area contributed by atoms with Crippen LogP contribution in [0.3, 0.4) is 0 Å². The Bertz CT molecular complexity index is 1490. The van der Waals surface area contributed by atoms with Crippen LogP contribution < -0.4 is 10.1 Å². The van der Waals surface area contributed by atoms with Crippen molar-refractivity contribution in [3.63, 3.8) is 0 Å². The van der Waals surface area contributed by atoms with Gasteiger partial charge in [-0.05, 0) is 68.1 Å². The van der Waals surface area contributed by atoms with E-state index in [2.05, 4.69) is 5.32 Å². The molecule has 0 aliphatic heterocycles. The molecule has 3 aromatic carbocycles. The summed E-state index contributed by atoms with van der Waals surface area (Å²) in [5, 5.41) is 4.36. The van der Waals surface area contributed by atoms with E-state index in [0.29, 0.717) is 27.8 Å². The molecule has 0 spiro atoms. The number of furan rings is 1. The number of nitrogens with one attached hydrogen (secondary N) is 1. The third-order valence-corrected chi connectivity index (χ3v) is 8.26. The molecular formula is C32H33ClF2N2O3. The SMILES string of the molecule is CN[C@H]1CC[C@@H](N(Cc2cc(-c3ccc(C(C)(F)F)cc3)ccc2OC)C(=O)c2oc3ccccc3c2Cl)CC1. The zero-order valence-electron chi connectivity index (χ0n) is 22.8. The molecule has 0 saturated heterocycles. The molecule has 1 saturated carbocycles. The second-order valence-corrected chi connectivity index (χ2v) is 10.8. The number of benzene rings is 3. The van der Waals surface area contributed by atoms with E-state index in [1.807, 2.05) is 48.3 Å². The third kappa shape index (κ3) is 5.72. The highest BCUT2D eigenvalue weighted by molar-refractivity contribution is 6.38. The molecule has 0 atom stereocenters. The fourth-order valence-electron chi connectivity index (χ4n) is 5.55. The summed E-state index contributed by atoms with van der Waals surface area (Å²) in [5.41, 5.74) is 2.97. The quantitative estimate of drug-likeness (QED) is 0.234. The van der Waals surface area contributed by atoms with Crippen molar-refractivity contribution in [2.75, 3.05) is 14.2 Å². The van der Waals surface area contributed by atoms with Crippen LogP contribution in [-0.4, -0.2) is 37.0 Å². The molecule has 1 fully saturated rings. The maximum atomic E-state index is 14.1. The van der Waals surface area contributed by atoms with E-state index >= 15 is 0 Å². The first kappa shape index (κ1) is 28.1. The number of halogens is 3. The molecule has 8 heteroatoms. The molecule has 0 unspecified atom stereocenters. The van der Waals surface area contributed by atoms with Gasteiger partial charge in [0.2, 0.25) is 5.76 Å². The summed E-state index contributed by atoms with van der Waals surface area (Å²) in [6.07, 6.45) is 3.57. The Morgan fingerprint density at radius 2 is 1.73 bits per heavy atom. The van der Waals surface area contributed by atoms with Crippen LogP contribution in [0, 0.1) is 0 Å². The number of methoxy groups -OCH3 is 1. The maximum Gasteiger partial charge on any atom is 0.291 e. The molecule has 4 aromatic rings. The van der Waals surface area contributed by atoms with Crippen molar-refractivity contribution in [1.82, 2.24) is 10.2 Å². The Labute approximate surface area is 238 Å². The van der Waals surface area contributed by atoms with E-state index < -0.39 is 5.92 Å². The highest BCUT2D eigenvalue weighted by atomic mass is 35.5. The van der Waals surface area contributed by atoms with Gasteiger partial charge in [0.15, 0.2) is 0 Å². The van der Waals surface area contributed by atoms with Gasteiger partial charge in [-0.3, -0.25) is 4.79 Å². The van der Waals surface area contributed by atoms with Crippen LogP contribution in [0.2, 0.25) is 5.02 Å². The molecule has 1 amide bonds. The van der Waals surface area contributed by atoms with Gasteiger partial charge >= 0.3 is 0 Å². The van der Waals surface area contributed by atoms with Crippen molar-refractivity contribution in [2.24, 2.45) is 0 Å². The van der Waals surface area contributed by atoms with Gasteiger partial charge in [-0.2, -0.15) is 0 Å². The van der Waals surface area contributed by atoms with E-state index in [-0.39, 0.29) is 29.8 Å². The number of alkyl halides is 2. The zero-order valence-corrected chi connectivity index (χ0v) is 23.6. The molecule has 1 aliphatic rings. The van der Waals surface area contributed by atoms with Crippen LogP contribution in [0.25, 0.3) is 22.1 Å². The molecule has 1 N–H and O–H groups in total. The summed E-state index contributed by atoms with van der Waals surface area (Å²) in [7, 11) is 3.56. The van der Waals surface area contributed by atoms with Crippen LogP contribution >= 0.6 is 11.6 Å². The zero-order chi connectivity index (χ0) is 28.4. The van der Waals surface area contributed by atoms with Gasteiger partial charge in [0.25, 0.3) is 11.8 Å². The van der Waals surface area contributed by atoms with E-state index in [1.165, 1.54) is 12.1 Å². The number of ether oxygens (including phenoxy) is 1. The Balaban J connectivity index is 1.51. The summed E-state index contributed by atoms with van der Waals surface area (Å²) >= 11 is 6.66. The monoisotopic (exact) mass is 566 g/mol. The summed E-state index contributed by atoms with van der Waals surface area (Å²) in [6, 6.07) is 19.7. The second kappa shape index (κ2) is 11.6. The molecule has 1 aliphatic carbocycles. The molecule has 210 valence electrons. The number of nitrogens with zero attached hydrogens (tertiary/aromatic N) is 1. The average Bonchev–Trinajstić information content (AvgIpc) is 3.31. The van der Waals surface area contributed by atoms with Crippen LogP contribution in [0.15, 0.2) is 71.1 Å². The molecular weight excluding hydrogens is 534 g/mol. The lowest BCUT2D eigenvalue weighted by molar-refractivity contribution is 0.0175. The number of para-hydroxylation sites is 1. The first-order chi connectivity index (χ1) is 19.2. The van der Waals surface area contributed by atoms with E-state index in [1.54, 1.807) is 25.3 Å². The van der Waals surface area contributed by atoms with Crippen LogP contribution in [-0.2, 0) is 12.5 Å². The van der Waals surface area contributed by atoms with Gasteiger partial charge < -0.3 is 19.4 Å². The largest absolute Gasteiger partial charge is 0.496 e. The van der Waals surface area contributed by atoms with Gasteiger partial charge in [-0.1, -0.05) is 54.1 Å². The van der Waals surface area contributed by atoms with Crippen molar-refractivity contribution in [2.45, 2.75) is 57.2 Å². The van der Waals surface area contributed by atoms with E-state index in [9.17, 15) is 13.6 Å². The first-order valence-corrected chi connectivity index (χ1v) is 13.9. The first-order valence-electron chi connectivity index (χ1n) is 13.5. The van der Waals surface area contributed by atoms with E-state index in [4.69, 9.17) is 20.8 Å². The van der Waals surface area contributed by atoms with Gasteiger partial charge in [0.1, 0.15) is 11.3 Å². The topological polar surface area (TPSA) is 54.7 Å². The third-order valence-electron chi connectivity index (χ3n) is 7.88. The Morgan fingerprint density at radius 1 is 1.05 bits per heavy atom. The Hall–Kier alpha value is -3.42. The van der Waals surface area contributed by atoms with Crippen molar-refractivity contribution >= 4 is 28.5 Å². The number of hydrogen-bond donors (Lipinski definition) is 1. The highest BCUT2D eigenvalue weighted by Crippen LogP contribution is 2.36. The lowest BCUT2D eigenvalue weighted by atomic mass is 9.89. The predicted molar refractivity (Wildman–Crippen MR) is 154 cm³/mol. The van der Waals surface area contributed by atoms with E-state index in [0.717, 1.165) is 49.3 Å². The fraction of sp³-hybridized carbons (Fsp3) is 0.344. The molecule has 5 nitrogen and oxygen atoms in total. The highest BCUT2D eigenvalue weighted by Gasteiger charge is 2.33. The van der Waals surface area contributed by atoms with Crippen molar-refractivity contribution in [3.8, 4) is 16.9 Å².